The summed E-state index contributed by atoms with van der Waals surface area (Å²) < 4.78 is 8.27. The van der Waals surface area contributed by atoms with Crippen molar-refractivity contribution in [1.82, 2.24) is 24.8 Å². The van der Waals surface area contributed by atoms with Gasteiger partial charge in [-0.2, -0.15) is 0 Å². The summed E-state index contributed by atoms with van der Waals surface area (Å²) in [7, 11) is 1.62. The van der Waals surface area contributed by atoms with Gasteiger partial charge in [0.2, 0.25) is 5.91 Å². The molecule has 0 aromatic carbocycles. The number of imidazole rings is 1. The molecule has 1 spiro atoms. The number of fused-ring (bicyclic) bond motifs is 2. The molecule has 1 fully saturated rings. The fourth-order valence-corrected chi connectivity index (χ4v) is 4.08. The quantitative estimate of drug-likeness (QED) is 0.622. The molecule has 0 radical (unpaired) electrons. The summed E-state index contributed by atoms with van der Waals surface area (Å²) in [4.78, 5) is 42.6. The first-order valence-corrected chi connectivity index (χ1v) is 9.92. The van der Waals surface area contributed by atoms with Gasteiger partial charge in [0, 0.05) is 63.7 Å². The van der Waals surface area contributed by atoms with Gasteiger partial charge in [0.15, 0.2) is 6.10 Å². The Hall–Kier alpha value is -3.14. The largest absolute Gasteiger partial charge is 0.483 e. The number of likely N-dealkylation sites (N-methyl/N-ethyl adjacent to an activating group) is 1. The number of piperidine rings is 1. The van der Waals surface area contributed by atoms with E-state index in [0.717, 1.165) is 11.5 Å². The highest BCUT2D eigenvalue weighted by Gasteiger charge is 2.47. The Labute approximate surface area is 174 Å². The van der Waals surface area contributed by atoms with Gasteiger partial charge in [-0.1, -0.05) is 0 Å². The fraction of sp³-hybridized carbons (Fsp3) is 0.500. The highest BCUT2D eigenvalue weighted by Crippen LogP contribution is 2.40. The lowest BCUT2D eigenvalue weighted by atomic mass is 9.88. The van der Waals surface area contributed by atoms with Crippen LogP contribution >= 0.6 is 0 Å². The molecule has 4 rings (SSSR count). The van der Waals surface area contributed by atoms with Crippen LogP contribution in [0.2, 0.25) is 0 Å². The van der Waals surface area contributed by atoms with E-state index >= 15 is 0 Å². The molecule has 2 aliphatic heterocycles. The van der Waals surface area contributed by atoms with Crippen LogP contribution in [0.4, 0.5) is 0 Å². The number of likely N-dealkylation sites (tertiary alicyclic amines) is 1. The number of aromatic amines is 1. The number of nitrogens with one attached hydrogen (secondary N) is 2. The van der Waals surface area contributed by atoms with Gasteiger partial charge in [-0.05, 0) is 18.6 Å². The Balaban J connectivity index is 0.000000806. The van der Waals surface area contributed by atoms with Crippen LogP contribution in [0.25, 0.3) is 0 Å². The second kappa shape index (κ2) is 9.57. The number of nitrogens with zero attached hydrogens (tertiary/aromatic N) is 3. The van der Waals surface area contributed by atoms with Gasteiger partial charge in [-0.25, -0.2) is 4.98 Å². The predicted molar refractivity (Wildman–Crippen MR) is 106 cm³/mol. The number of aromatic nitrogens is 3. The Morgan fingerprint density at radius 2 is 2.17 bits per heavy atom. The van der Waals surface area contributed by atoms with Crippen molar-refractivity contribution in [2.45, 2.75) is 43.9 Å². The van der Waals surface area contributed by atoms with Gasteiger partial charge in [0.1, 0.15) is 11.4 Å². The van der Waals surface area contributed by atoms with E-state index < -0.39 is 11.7 Å². The Kier molecular flexibility index (Phi) is 6.88. The summed E-state index contributed by atoms with van der Waals surface area (Å²) in [5.41, 5.74) is 0.470. The van der Waals surface area contributed by atoms with Crippen LogP contribution in [-0.2, 0) is 37.7 Å². The molecule has 1 unspecified atom stereocenters. The Bertz CT molecular complexity index is 855. The number of hydrogen-bond donors (Lipinski definition) is 3. The third kappa shape index (κ3) is 4.54. The molecule has 1 saturated heterocycles. The first-order valence-electron chi connectivity index (χ1n) is 9.92. The molecule has 0 saturated carbocycles. The van der Waals surface area contributed by atoms with Crippen LogP contribution in [-0.4, -0.2) is 69.1 Å². The average molecular weight is 417 g/mol. The normalized spacial score (nSPS) is 19.4. The molecule has 2 aromatic heterocycles. The number of carbonyl (C=O) groups is 3. The SMILES string of the molecule is CNC(=O)C1Cn2ccnc2C2(CCN(C(=O)CCc3ccc[nH]3)CC2)O1.O=CO. The third-order valence-electron chi connectivity index (χ3n) is 5.59. The van der Waals surface area contributed by atoms with Crippen molar-refractivity contribution in [2.24, 2.45) is 0 Å². The smallest absolute Gasteiger partial charge is 0.290 e. The molecule has 4 heterocycles. The second-order valence-electron chi connectivity index (χ2n) is 7.30. The van der Waals surface area contributed by atoms with E-state index in [2.05, 4.69) is 15.3 Å². The number of amides is 2. The standard InChI is InChI=1S/C19H25N5O3.CH2O2/c1-20-17(26)15-13-24-12-9-22-18(24)19(27-15)6-10-23(11-7-19)16(25)5-4-14-3-2-8-21-14;2-1-3/h2-3,8-9,12,15,21H,4-7,10-11,13H2,1H3,(H,20,26);1H,(H,2,3). The van der Waals surface area contributed by atoms with Crippen molar-refractivity contribution in [2.75, 3.05) is 20.1 Å². The minimum atomic E-state index is -0.602. The van der Waals surface area contributed by atoms with Crippen molar-refractivity contribution in [3.63, 3.8) is 0 Å². The van der Waals surface area contributed by atoms with Crippen LogP contribution in [0.1, 0.15) is 30.8 Å². The molecule has 2 aliphatic rings. The number of H-pyrrole nitrogens is 1. The zero-order valence-corrected chi connectivity index (χ0v) is 16.9. The molecule has 0 bridgehead atoms. The lowest BCUT2D eigenvalue weighted by molar-refractivity contribution is -0.175. The third-order valence-corrected chi connectivity index (χ3v) is 5.59. The van der Waals surface area contributed by atoms with Gasteiger partial charge in [-0.15, -0.1) is 0 Å². The number of carboxylic acid groups (broad SMARTS) is 1. The number of ether oxygens (including phenoxy) is 1. The zero-order chi connectivity index (χ0) is 21.6. The summed E-state index contributed by atoms with van der Waals surface area (Å²) in [6.07, 6.45) is 7.47. The van der Waals surface area contributed by atoms with Crippen molar-refractivity contribution in [3.05, 3.63) is 42.2 Å². The molecule has 10 nitrogen and oxygen atoms in total. The van der Waals surface area contributed by atoms with Crippen LogP contribution in [0.15, 0.2) is 30.7 Å². The Morgan fingerprint density at radius 1 is 1.43 bits per heavy atom. The summed E-state index contributed by atoms with van der Waals surface area (Å²) in [6, 6.07) is 3.93. The number of hydrogen-bond acceptors (Lipinski definition) is 5. The molecule has 2 aromatic rings. The monoisotopic (exact) mass is 417 g/mol. The topological polar surface area (TPSA) is 130 Å². The van der Waals surface area contributed by atoms with Gasteiger partial charge >= 0.3 is 0 Å². The van der Waals surface area contributed by atoms with Crippen molar-refractivity contribution in [1.29, 1.82) is 0 Å². The minimum Gasteiger partial charge on any atom is -0.483 e. The van der Waals surface area contributed by atoms with Gasteiger partial charge in [-0.3, -0.25) is 14.4 Å². The summed E-state index contributed by atoms with van der Waals surface area (Å²) in [5.74, 6) is 0.890. The highest BCUT2D eigenvalue weighted by molar-refractivity contribution is 5.80. The zero-order valence-electron chi connectivity index (χ0n) is 16.9. The van der Waals surface area contributed by atoms with Gasteiger partial charge in [0.25, 0.3) is 12.4 Å². The maximum absolute atomic E-state index is 12.6. The van der Waals surface area contributed by atoms with Crippen molar-refractivity contribution >= 4 is 18.3 Å². The summed E-state index contributed by atoms with van der Waals surface area (Å²) in [6.45, 7) is 1.43. The van der Waals surface area contributed by atoms with Gasteiger partial charge in [0.05, 0.1) is 6.54 Å². The molecule has 2 amide bonds. The lowest BCUT2D eigenvalue weighted by Crippen LogP contribution is -2.54. The summed E-state index contributed by atoms with van der Waals surface area (Å²) >= 11 is 0. The molecule has 0 aliphatic carbocycles. The summed E-state index contributed by atoms with van der Waals surface area (Å²) in [5, 5.41) is 9.56. The van der Waals surface area contributed by atoms with Crippen LogP contribution in [0, 0.1) is 0 Å². The molecule has 1 atom stereocenters. The van der Waals surface area contributed by atoms with E-state index in [4.69, 9.17) is 14.6 Å². The van der Waals surface area contributed by atoms with Gasteiger partial charge < -0.3 is 29.6 Å². The molecular formula is C20H27N5O5. The molecular weight excluding hydrogens is 390 g/mol. The number of carbonyl (C=O) groups excluding carboxylic acids is 2. The van der Waals surface area contributed by atoms with E-state index in [1.165, 1.54) is 0 Å². The predicted octanol–water partition coefficient (Wildman–Crippen LogP) is 0.507. The molecule has 162 valence electrons. The van der Waals surface area contributed by atoms with E-state index in [1.807, 2.05) is 34.0 Å². The van der Waals surface area contributed by atoms with Crippen LogP contribution < -0.4 is 5.32 Å². The first-order chi connectivity index (χ1) is 14.5. The number of rotatable bonds is 4. The molecule has 30 heavy (non-hydrogen) atoms. The molecule has 10 heteroatoms. The van der Waals surface area contributed by atoms with E-state index in [-0.39, 0.29) is 18.3 Å². The van der Waals surface area contributed by atoms with Crippen molar-refractivity contribution < 1.29 is 24.2 Å². The lowest BCUT2D eigenvalue weighted by Gasteiger charge is -2.45. The van der Waals surface area contributed by atoms with Crippen LogP contribution in [0.3, 0.4) is 0 Å². The van der Waals surface area contributed by atoms with E-state index in [1.54, 1.807) is 13.2 Å². The Morgan fingerprint density at radius 3 is 2.80 bits per heavy atom. The van der Waals surface area contributed by atoms with E-state index in [9.17, 15) is 9.59 Å². The van der Waals surface area contributed by atoms with E-state index in [0.29, 0.717) is 45.3 Å². The first kappa shape index (κ1) is 21.6. The average Bonchev–Trinajstić information content (AvgIpc) is 3.45. The molecule has 3 N–H and O–H groups in total. The highest BCUT2D eigenvalue weighted by atomic mass is 16.5. The fourth-order valence-electron chi connectivity index (χ4n) is 4.08. The van der Waals surface area contributed by atoms with Crippen LogP contribution in [0.5, 0.6) is 0 Å². The maximum Gasteiger partial charge on any atom is 0.290 e. The maximum atomic E-state index is 12.6. The minimum absolute atomic E-state index is 0.127. The van der Waals surface area contributed by atoms with Crippen molar-refractivity contribution in [3.8, 4) is 0 Å². The number of aryl methyl sites for hydroxylation is 1. The second-order valence-corrected chi connectivity index (χ2v) is 7.30.